The quantitative estimate of drug-likeness (QED) is 0.677. The van der Waals surface area contributed by atoms with Gasteiger partial charge in [0.05, 0.1) is 12.0 Å². The third kappa shape index (κ3) is 3.18. The van der Waals surface area contributed by atoms with Crippen LogP contribution in [0.4, 0.5) is 0 Å². The predicted octanol–water partition coefficient (Wildman–Crippen LogP) is 1.22. The molecule has 4 nitrogen and oxygen atoms in total. The molecule has 1 aliphatic heterocycles. The van der Waals surface area contributed by atoms with E-state index in [1.165, 1.54) is 0 Å². The molecule has 0 aliphatic carbocycles. The molecule has 0 aromatic heterocycles. The second-order valence-electron chi connectivity index (χ2n) is 4.17. The summed E-state index contributed by atoms with van der Waals surface area (Å²) in [6.07, 6.45) is 3.99. The Labute approximate surface area is 91.7 Å². The van der Waals surface area contributed by atoms with Crippen molar-refractivity contribution in [1.29, 1.82) is 0 Å². The first-order valence-electron chi connectivity index (χ1n) is 5.88. The summed E-state index contributed by atoms with van der Waals surface area (Å²) in [7, 11) is 0. The molecule has 4 heteroatoms. The van der Waals surface area contributed by atoms with Gasteiger partial charge in [-0.15, -0.1) is 0 Å². The average Bonchev–Trinajstić information content (AvgIpc) is 2.27. The largest absolute Gasteiger partial charge is 0.316 e. The molecule has 1 fully saturated rings. The fourth-order valence-corrected chi connectivity index (χ4v) is 2.21. The van der Waals surface area contributed by atoms with Crippen LogP contribution in [0.15, 0.2) is 0 Å². The highest BCUT2D eigenvalue weighted by atomic mass is 16.6. The molecule has 0 aromatic rings. The van der Waals surface area contributed by atoms with E-state index in [9.17, 15) is 4.79 Å². The van der Waals surface area contributed by atoms with Gasteiger partial charge in [-0.2, -0.15) is 0 Å². The van der Waals surface area contributed by atoms with Crippen LogP contribution in [0.3, 0.4) is 0 Å². The monoisotopic (exact) mass is 214 g/mol. The van der Waals surface area contributed by atoms with Gasteiger partial charge in [0.2, 0.25) is 0 Å². The number of carbonyl (C=O) groups excluding carboxylic acids is 1. The molecule has 0 radical (unpaired) electrons. The molecule has 0 saturated carbocycles. The van der Waals surface area contributed by atoms with E-state index in [2.05, 4.69) is 17.7 Å². The van der Waals surface area contributed by atoms with Crippen LogP contribution in [0.5, 0.6) is 0 Å². The SMILES string of the molecule is CCCC1(C(=O)NOCC)CCCNC1. The lowest BCUT2D eigenvalue weighted by atomic mass is 9.76. The molecule has 2 N–H and O–H groups in total. The van der Waals surface area contributed by atoms with Crippen LogP contribution in [-0.4, -0.2) is 25.6 Å². The van der Waals surface area contributed by atoms with E-state index in [1.807, 2.05) is 6.92 Å². The minimum absolute atomic E-state index is 0.0402. The van der Waals surface area contributed by atoms with Crippen LogP contribution in [-0.2, 0) is 9.63 Å². The fourth-order valence-electron chi connectivity index (χ4n) is 2.21. The van der Waals surface area contributed by atoms with Crippen LogP contribution in [0.2, 0.25) is 0 Å². The average molecular weight is 214 g/mol. The van der Waals surface area contributed by atoms with Crippen molar-refractivity contribution in [2.45, 2.75) is 39.5 Å². The molecule has 88 valence electrons. The second kappa shape index (κ2) is 6.08. The highest BCUT2D eigenvalue weighted by Crippen LogP contribution is 2.31. The Morgan fingerprint density at radius 1 is 1.53 bits per heavy atom. The highest BCUT2D eigenvalue weighted by Gasteiger charge is 2.38. The van der Waals surface area contributed by atoms with E-state index < -0.39 is 0 Å². The lowest BCUT2D eigenvalue weighted by Gasteiger charge is -2.35. The summed E-state index contributed by atoms with van der Waals surface area (Å²) in [5, 5.41) is 3.30. The minimum Gasteiger partial charge on any atom is -0.316 e. The van der Waals surface area contributed by atoms with E-state index in [0.717, 1.165) is 38.8 Å². The van der Waals surface area contributed by atoms with Crippen LogP contribution in [0.1, 0.15) is 39.5 Å². The van der Waals surface area contributed by atoms with E-state index in [0.29, 0.717) is 6.61 Å². The summed E-state index contributed by atoms with van der Waals surface area (Å²) < 4.78 is 0. The Hall–Kier alpha value is -0.610. The highest BCUT2D eigenvalue weighted by molar-refractivity contribution is 5.82. The number of amides is 1. The summed E-state index contributed by atoms with van der Waals surface area (Å²) in [6.45, 7) is 6.30. The maximum Gasteiger partial charge on any atom is 0.251 e. The van der Waals surface area contributed by atoms with Crippen LogP contribution in [0.25, 0.3) is 0 Å². The number of carbonyl (C=O) groups is 1. The van der Waals surface area contributed by atoms with Crippen molar-refractivity contribution in [2.75, 3.05) is 19.7 Å². The zero-order chi connectivity index (χ0) is 11.1. The maximum atomic E-state index is 12.0. The molecule has 1 saturated heterocycles. The van der Waals surface area contributed by atoms with Gasteiger partial charge >= 0.3 is 0 Å². The van der Waals surface area contributed by atoms with Gasteiger partial charge in [-0.05, 0) is 32.7 Å². The second-order valence-corrected chi connectivity index (χ2v) is 4.17. The number of hydrogen-bond acceptors (Lipinski definition) is 3. The molecule has 15 heavy (non-hydrogen) atoms. The summed E-state index contributed by atoms with van der Waals surface area (Å²) in [6, 6.07) is 0. The maximum absolute atomic E-state index is 12.0. The number of piperidine rings is 1. The summed E-state index contributed by atoms with van der Waals surface area (Å²) >= 11 is 0. The van der Waals surface area contributed by atoms with Gasteiger partial charge < -0.3 is 5.32 Å². The topological polar surface area (TPSA) is 50.4 Å². The summed E-state index contributed by atoms with van der Waals surface area (Å²) in [5.74, 6) is 0.0402. The molecule has 1 amide bonds. The zero-order valence-electron chi connectivity index (χ0n) is 9.77. The lowest BCUT2D eigenvalue weighted by Crippen LogP contribution is -2.50. The smallest absolute Gasteiger partial charge is 0.251 e. The van der Waals surface area contributed by atoms with Crippen molar-refractivity contribution in [2.24, 2.45) is 5.41 Å². The van der Waals surface area contributed by atoms with Gasteiger partial charge in [-0.1, -0.05) is 13.3 Å². The Balaban J connectivity index is 2.57. The van der Waals surface area contributed by atoms with Gasteiger partial charge in [0, 0.05) is 6.54 Å². The Morgan fingerprint density at radius 3 is 2.87 bits per heavy atom. The van der Waals surface area contributed by atoms with Gasteiger partial charge in [-0.25, -0.2) is 5.48 Å². The van der Waals surface area contributed by atoms with E-state index >= 15 is 0 Å². The molecule has 0 bridgehead atoms. The van der Waals surface area contributed by atoms with Gasteiger partial charge in [0.25, 0.3) is 5.91 Å². The first-order valence-corrected chi connectivity index (χ1v) is 5.88. The van der Waals surface area contributed by atoms with Crippen molar-refractivity contribution in [3.05, 3.63) is 0 Å². The van der Waals surface area contributed by atoms with Crippen LogP contribution < -0.4 is 10.8 Å². The zero-order valence-corrected chi connectivity index (χ0v) is 9.77. The number of hydroxylamine groups is 1. The van der Waals surface area contributed by atoms with Crippen molar-refractivity contribution in [1.82, 2.24) is 10.8 Å². The first kappa shape index (κ1) is 12.5. The Kier molecular flexibility index (Phi) is 5.05. The van der Waals surface area contributed by atoms with Gasteiger partial charge in [0.1, 0.15) is 0 Å². The standard InChI is InChI=1S/C11H22N2O2/c1-3-6-11(7-5-8-12-9-11)10(14)13-15-4-2/h12H,3-9H2,1-2H3,(H,13,14). The van der Waals surface area contributed by atoms with Crippen molar-refractivity contribution in [3.63, 3.8) is 0 Å². The van der Waals surface area contributed by atoms with Crippen LogP contribution in [0, 0.1) is 5.41 Å². The fraction of sp³-hybridized carbons (Fsp3) is 0.909. The molecule has 0 spiro atoms. The van der Waals surface area contributed by atoms with Crippen LogP contribution >= 0.6 is 0 Å². The molecular formula is C11H22N2O2. The molecule has 1 atom stereocenters. The molecule has 1 aliphatic rings. The predicted molar refractivity (Wildman–Crippen MR) is 59.2 cm³/mol. The van der Waals surface area contributed by atoms with Gasteiger partial charge in [0.15, 0.2) is 0 Å². The third-order valence-corrected chi connectivity index (χ3v) is 2.99. The Morgan fingerprint density at radius 2 is 2.33 bits per heavy atom. The summed E-state index contributed by atoms with van der Waals surface area (Å²) in [5.41, 5.74) is 2.30. The number of nitrogens with one attached hydrogen (secondary N) is 2. The van der Waals surface area contributed by atoms with E-state index in [-0.39, 0.29) is 11.3 Å². The molecule has 1 heterocycles. The molecule has 1 unspecified atom stereocenters. The van der Waals surface area contributed by atoms with Gasteiger partial charge in [-0.3, -0.25) is 9.63 Å². The number of rotatable bonds is 5. The molecule has 1 rings (SSSR count). The first-order chi connectivity index (χ1) is 7.25. The molecule has 0 aromatic carbocycles. The number of hydrogen-bond donors (Lipinski definition) is 2. The van der Waals surface area contributed by atoms with Crippen molar-refractivity contribution < 1.29 is 9.63 Å². The van der Waals surface area contributed by atoms with Crippen molar-refractivity contribution >= 4 is 5.91 Å². The molecular weight excluding hydrogens is 192 g/mol. The van der Waals surface area contributed by atoms with E-state index in [4.69, 9.17) is 4.84 Å². The third-order valence-electron chi connectivity index (χ3n) is 2.99. The normalized spacial score (nSPS) is 26.3. The summed E-state index contributed by atoms with van der Waals surface area (Å²) in [4.78, 5) is 17.0. The minimum atomic E-state index is -0.248. The van der Waals surface area contributed by atoms with Crippen molar-refractivity contribution in [3.8, 4) is 0 Å². The van der Waals surface area contributed by atoms with E-state index in [1.54, 1.807) is 0 Å². The lowest BCUT2D eigenvalue weighted by molar-refractivity contribution is -0.145. The Bertz CT molecular complexity index is 195.